The van der Waals surface area contributed by atoms with Gasteiger partial charge >= 0.3 is 5.97 Å². The molecule has 210 valence electrons. The molecule has 0 heterocycles. The third kappa shape index (κ3) is 9.63. The summed E-state index contributed by atoms with van der Waals surface area (Å²) in [6.45, 7) is 1.45. The fourth-order valence-corrected chi connectivity index (χ4v) is 3.56. The van der Waals surface area contributed by atoms with E-state index in [0.29, 0.717) is 43.5 Å². The Balaban J connectivity index is 1.79. The summed E-state index contributed by atoms with van der Waals surface area (Å²) >= 11 is 0. The minimum absolute atomic E-state index is 0.0295. The number of nitrogens with two attached hydrogens (primary N) is 1. The van der Waals surface area contributed by atoms with Crippen molar-refractivity contribution in [2.45, 2.75) is 12.2 Å². The van der Waals surface area contributed by atoms with Crippen LogP contribution in [0.15, 0.2) is 78.9 Å². The average Bonchev–Trinajstić information content (AvgIpc) is 2.98. The number of carbonyl (C=O) groups is 1. The lowest BCUT2D eigenvalue weighted by Gasteiger charge is -2.22. The van der Waals surface area contributed by atoms with Crippen molar-refractivity contribution in [1.82, 2.24) is 0 Å². The van der Waals surface area contributed by atoms with Crippen molar-refractivity contribution in [2.75, 3.05) is 54.2 Å². The van der Waals surface area contributed by atoms with Crippen molar-refractivity contribution in [2.24, 2.45) is 5.90 Å². The van der Waals surface area contributed by atoms with Crippen molar-refractivity contribution < 1.29 is 42.8 Å². The minimum atomic E-state index is -1.23. The van der Waals surface area contributed by atoms with Gasteiger partial charge in [0.15, 0.2) is 31.2 Å². The topological polar surface area (TPSA) is 117 Å². The van der Waals surface area contributed by atoms with E-state index in [2.05, 4.69) is 0 Å². The second kappa shape index (κ2) is 17.2. The molecule has 2 N–H and O–H groups in total. The van der Waals surface area contributed by atoms with Crippen LogP contribution in [-0.4, -0.2) is 60.2 Å². The monoisotopic (exact) mass is 541 g/mol. The Kier molecular flexibility index (Phi) is 13.2. The maximum absolute atomic E-state index is 13.4. The first-order chi connectivity index (χ1) is 19.2. The van der Waals surface area contributed by atoms with E-state index in [1.807, 2.05) is 60.7 Å². The SMILES string of the molecule is COCCOCOc1ccc(C(ON)C(=O)OC(c2ccccc2)c2ccccc2)cc1OCOCCOC. The van der Waals surface area contributed by atoms with Crippen molar-refractivity contribution in [3.8, 4) is 11.5 Å². The molecule has 0 spiro atoms. The maximum atomic E-state index is 13.4. The van der Waals surface area contributed by atoms with Crippen LogP contribution in [-0.2, 0) is 33.3 Å². The molecular formula is C29H35NO9. The average molecular weight is 542 g/mol. The van der Waals surface area contributed by atoms with Crippen LogP contribution in [0, 0.1) is 0 Å². The van der Waals surface area contributed by atoms with E-state index in [1.54, 1.807) is 32.4 Å². The fraction of sp³-hybridized carbons (Fsp3) is 0.345. The summed E-state index contributed by atoms with van der Waals surface area (Å²) < 4.78 is 38.1. The van der Waals surface area contributed by atoms with Gasteiger partial charge in [-0.05, 0) is 28.8 Å². The molecular weight excluding hydrogens is 506 g/mol. The Labute approximate surface area is 228 Å². The van der Waals surface area contributed by atoms with Gasteiger partial charge in [-0.2, -0.15) is 0 Å². The second-order valence-electron chi connectivity index (χ2n) is 8.19. The summed E-state index contributed by atoms with van der Waals surface area (Å²) in [6, 6.07) is 23.7. The Hall–Kier alpha value is -3.51. The maximum Gasteiger partial charge on any atom is 0.343 e. The van der Waals surface area contributed by atoms with Crippen LogP contribution in [0.2, 0.25) is 0 Å². The second-order valence-corrected chi connectivity index (χ2v) is 8.19. The Morgan fingerprint density at radius 3 is 1.74 bits per heavy atom. The largest absolute Gasteiger partial charge is 0.464 e. The molecule has 0 aromatic heterocycles. The molecule has 10 heteroatoms. The highest BCUT2D eigenvalue weighted by Crippen LogP contribution is 2.34. The minimum Gasteiger partial charge on any atom is -0.464 e. The third-order valence-corrected chi connectivity index (χ3v) is 5.52. The number of esters is 1. The molecule has 3 rings (SSSR count). The normalized spacial score (nSPS) is 11.8. The predicted molar refractivity (Wildman–Crippen MR) is 142 cm³/mol. The van der Waals surface area contributed by atoms with E-state index in [9.17, 15) is 4.79 Å². The van der Waals surface area contributed by atoms with Gasteiger partial charge in [-0.1, -0.05) is 66.7 Å². The number of carbonyl (C=O) groups excluding carboxylic acids is 1. The predicted octanol–water partition coefficient (Wildman–Crippen LogP) is 3.95. The lowest BCUT2D eigenvalue weighted by molar-refractivity contribution is -0.162. The van der Waals surface area contributed by atoms with Gasteiger partial charge in [-0.15, -0.1) is 0 Å². The molecule has 0 fully saturated rings. The molecule has 10 nitrogen and oxygen atoms in total. The van der Waals surface area contributed by atoms with Crippen molar-refractivity contribution in [1.29, 1.82) is 0 Å². The van der Waals surface area contributed by atoms with Gasteiger partial charge < -0.3 is 33.2 Å². The van der Waals surface area contributed by atoms with E-state index >= 15 is 0 Å². The van der Waals surface area contributed by atoms with Gasteiger partial charge in [-0.3, -0.25) is 4.84 Å². The quantitative estimate of drug-likeness (QED) is 0.110. The summed E-state index contributed by atoms with van der Waals surface area (Å²) in [6.07, 6.45) is -1.89. The van der Waals surface area contributed by atoms with Crippen LogP contribution in [0.3, 0.4) is 0 Å². The lowest BCUT2D eigenvalue weighted by atomic mass is 10.0. The molecule has 0 radical (unpaired) electrons. The third-order valence-electron chi connectivity index (χ3n) is 5.52. The highest BCUT2D eigenvalue weighted by Gasteiger charge is 2.28. The number of benzene rings is 3. The van der Waals surface area contributed by atoms with Crippen LogP contribution in [0.1, 0.15) is 28.9 Å². The molecule has 0 saturated heterocycles. The molecule has 1 unspecified atom stereocenters. The van der Waals surface area contributed by atoms with E-state index in [1.165, 1.54) is 0 Å². The van der Waals surface area contributed by atoms with E-state index in [0.717, 1.165) is 11.1 Å². The number of hydrogen-bond acceptors (Lipinski definition) is 10. The summed E-state index contributed by atoms with van der Waals surface area (Å²) in [7, 11) is 3.16. The summed E-state index contributed by atoms with van der Waals surface area (Å²) in [4.78, 5) is 18.5. The first-order valence-corrected chi connectivity index (χ1v) is 12.4. The van der Waals surface area contributed by atoms with Crippen molar-refractivity contribution in [3.63, 3.8) is 0 Å². The Morgan fingerprint density at radius 1 is 0.692 bits per heavy atom. The Morgan fingerprint density at radius 2 is 1.23 bits per heavy atom. The summed E-state index contributed by atoms with van der Waals surface area (Å²) in [5.41, 5.74) is 2.02. The molecule has 39 heavy (non-hydrogen) atoms. The van der Waals surface area contributed by atoms with Gasteiger partial charge in [0, 0.05) is 14.2 Å². The highest BCUT2D eigenvalue weighted by atomic mass is 16.7. The fourth-order valence-electron chi connectivity index (χ4n) is 3.56. The summed E-state index contributed by atoms with van der Waals surface area (Å²) in [5, 5.41) is 0. The van der Waals surface area contributed by atoms with Gasteiger partial charge in [0.2, 0.25) is 6.10 Å². The number of hydrogen-bond donors (Lipinski definition) is 1. The molecule has 3 aromatic rings. The van der Waals surface area contributed by atoms with E-state index < -0.39 is 18.2 Å². The number of rotatable bonds is 18. The molecule has 1 atom stereocenters. The first kappa shape index (κ1) is 30.0. The molecule has 0 aliphatic rings. The van der Waals surface area contributed by atoms with E-state index in [-0.39, 0.29) is 13.6 Å². The van der Waals surface area contributed by atoms with Gasteiger partial charge in [-0.25, -0.2) is 10.7 Å². The zero-order valence-electron chi connectivity index (χ0n) is 22.2. The van der Waals surface area contributed by atoms with Crippen LogP contribution in [0.25, 0.3) is 0 Å². The van der Waals surface area contributed by atoms with Crippen LogP contribution in [0.5, 0.6) is 11.5 Å². The molecule has 0 aliphatic heterocycles. The number of methoxy groups -OCH3 is 2. The van der Waals surface area contributed by atoms with Crippen molar-refractivity contribution >= 4 is 5.97 Å². The first-order valence-electron chi connectivity index (χ1n) is 12.4. The number of ether oxygens (including phenoxy) is 7. The zero-order valence-corrected chi connectivity index (χ0v) is 22.2. The van der Waals surface area contributed by atoms with Gasteiger partial charge in [0.1, 0.15) is 0 Å². The zero-order chi connectivity index (χ0) is 27.7. The van der Waals surface area contributed by atoms with Gasteiger partial charge in [0.25, 0.3) is 0 Å². The molecule has 3 aromatic carbocycles. The molecule has 0 saturated carbocycles. The van der Waals surface area contributed by atoms with Gasteiger partial charge in [0.05, 0.1) is 26.4 Å². The van der Waals surface area contributed by atoms with Crippen LogP contribution in [0.4, 0.5) is 0 Å². The molecule has 0 amide bonds. The van der Waals surface area contributed by atoms with Crippen molar-refractivity contribution in [3.05, 3.63) is 95.6 Å². The standard InChI is InChI=1S/C29H35NO9/c1-32-15-17-34-20-36-25-14-13-24(19-26(25)37-21-35-18-16-33-2)28(39-30)29(31)38-27(22-9-5-3-6-10-22)23-11-7-4-8-12-23/h3-14,19,27-28H,15-18,20-21,30H2,1-2H3. The Bertz CT molecular complexity index is 1060. The lowest BCUT2D eigenvalue weighted by Crippen LogP contribution is -2.24. The smallest absolute Gasteiger partial charge is 0.343 e. The van der Waals surface area contributed by atoms with Crippen LogP contribution >= 0.6 is 0 Å². The molecule has 0 aliphatic carbocycles. The summed E-state index contributed by atoms with van der Waals surface area (Å²) in [5.74, 6) is 5.59. The van der Waals surface area contributed by atoms with Crippen LogP contribution < -0.4 is 15.4 Å². The van der Waals surface area contributed by atoms with E-state index in [4.69, 9.17) is 43.9 Å². The highest BCUT2D eigenvalue weighted by molar-refractivity contribution is 5.77. The molecule has 0 bridgehead atoms.